The number of nitrogens with one attached hydrogen (secondary N) is 2. The van der Waals surface area contributed by atoms with Crippen molar-refractivity contribution in [3.8, 4) is 0 Å². The molecule has 112 valence electrons. The summed E-state index contributed by atoms with van der Waals surface area (Å²) in [6.07, 6.45) is 2.12. The van der Waals surface area contributed by atoms with E-state index in [0.717, 1.165) is 31.0 Å². The Morgan fingerprint density at radius 3 is 2.90 bits per heavy atom. The van der Waals surface area contributed by atoms with E-state index in [1.165, 1.54) is 0 Å². The summed E-state index contributed by atoms with van der Waals surface area (Å²) in [5, 5.41) is 15.8. The maximum atomic E-state index is 13.2. The summed E-state index contributed by atoms with van der Waals surface area (Å²) in [6.45, 7) is 0.563. The Hall–Kier alpha value is -2.51. The van der Waals surface area contributed by atoms with Gasteiger partial charge in [0.2, 0.25) is 11.7 Å². The van der Waals surface area contributed by atoms with E-state index in [9.17, 15) is 24.1 Å². The number of nitro benzene ring substituents is 1. The largest absolute Gasteiger partial charge is 0.354 e. The van der Waals surface area contributed by atoms with Crippen LogP contribution < -0.4 is 10.6 Å². The molecule has 2 N–H and O–H groups in total. The Balaban J connectivity index is 2.14. The Morgan fingerprint density at radius 2 is 2.19 bits per heavy atom. The number of carbonyl (C=O) groups is 2. The van der Waals surface area contributed by atoms with Gasteiger partial charge in [0, 0.05) is 18.2 Å². The van der Waals surface area contributed by atoms with Gasteiger partial charge >= 0.3 is 5.69 Å². The Morgan fingerprint density at radius 1 is 1.43 bits per heavy atom. The number of carbonyl (C=O) groups excluding carboxylic acids is 2. The van der Waals surface area contributed by atoms with E-state index >= 15 is 0 Å². The molecule has 1 aromatic rings. The van der Waals surface area contributed by atoms with Crippen molar-refractivity contribution < 1.29 is 18.9 Å². The summed E-state index contributed by atoms with van der Waals surface area (Å²) in [6, 6.07) is 2.19. The third kappa shape index (κ3) is 3.53. The second-order valence-corrected chi connectivity index (χ2v) is 4.74. The van der Waals surface area contributed by atoms with Crippen molar-refractivity contribution in [3.63, 3.8) is 0 Å². The van der Waals surface area contributed by atoms with E-state index in [1.807, 2.05) is 0 Å². The summed E-state index contributed by atoms with van der Waals surface area (Å²) in [4.78, 5) is 33.5. The molecule has 0 bridgehead atoms. The molecule has 0 saturated carbocycles. The number of benzene rings is 1. The Kier molecular flexibility index (Phi) is 4.46. The molecule has 21 heavy (non-hydrogen) atoms. The molecule has 0 spiro atoms. The molecule has 1 heterocycles. The smallest absolute Gasteiger partial charge is 0.305 e. The van der Waals surface area contributed by atoms with Crippen LogP contribution >= 0.6 is 0 Å². The number of rotatable bonds is 3. The van der Waals surface area contributed by atoms with Crippen molar-refractivity contribution in [2.45, 2.75) is 25.3 Å². The van der Waals surface area contributed by atoms with E-state index in [-0.39, 0.29) is 11.5 Å². The van der Waals surface area contributed by atoms with Crippen molar-refractivity contribution in [1.29, 1.82) is 0 Å². The van der Waals surface area contributed by atoms with E-state index in [4.69, 9.17) is 0 Å². The molecule has 0 aliphatic carbocycles. The lowest BCUT2D eigenvalue weighted by Gasteiger charge is -2.15. The molecule has 0 radical (unpaired) electrons. The highest BCUT2D eigenvalue weighted by atomic mass is 19.1. The number of hydrogen-bond acceptors (Lipinski definition) is 4. The monoisotopic (exact) mass is 295 g/mol. The topological polar surface area (TPSA) is 101 Å². The van der Waals surface area contributed by atoms with Crippen molar-refractivity contribution in [2.24, 2.45) is 0 Å². The van der Waals surface area contributed by atoms with Crippen LogP contribution in [0.5, 0.6) is 0 Å². The molecule has 8 heteroatoms. The Labute approximate surface area is 119 Å². The lowest BCUT2D eigenvalue weighted by molar-refractivity contribution is -0.387. The zero-order chi connectivity index (χ0) is 15.4. The first-order valence-corrected chi connectivity index (χ1v) is 6.51. The molecule has 1 aliphatic rings. The van der Waals surface area contributed by atoms with Gasteiger partial charge in [-0.3, -0.25) is 19.7 Å². The number of nitro groups is 1. The van der Waals surface area contributed by atoms with Gasteiger partial charge in [-0.25, -0.2) is 0 Å². The summed E-state index contributed by atoms with van der Waals surface area (Å²) in [5.74, 6) is -1.93. The molecular formula is C13H14FN3O4. The van der Waals surface area contributed by atoms with Gasteiger partial charge in [0.1, 0.15) is 6.04 Å². The van der Waals surface area contributed by atoms with Crippen LogP contribution in [-0.2, 0) is 4.79 Å². The SMILES string of the molecule is O=C(NC1CCCCNC1=O)c1ccc(F)c([N+](=O)[O-])c1. The standard InChI is InChI=1S/C13H14FN3O4/c14-9-5-4-8(7-11(9)17(20)21)12(18)16-10-3-1-2-6-15-13(10)19/h4-5,7,10H,1-3,6H2,(H,15,19)(H,16,18). The van der Waals surface area contributed by atoms with E-state index in [1.54, 1.807) is 0 Å². The van der Waals surface area contributed by atoms with Crippen LogP contribution in [0.2, 0.25) is 0 Å². The van der Waals surface area contributed by atoms with Crippen LogP contribution in [0.25, 0.3) is 0 Å². The van der Waals surface area contributed by atoms with Gasteiger partial charge in [-0.1, -0.05) is 0 Å². The first-order valence-electron chi connectivity index (χ1n) is 6.51. The minimum atomic E-state index is -1.01. The molecular weight excluding hydrogens is 281 g/mol. The van der Waals surface area contributed by atoms with Crippen molar-refractivity contribution in [3.05, 3.63) is 39.7 Å². The highest BCUT2D eigenvalue weighted by molar-refractivity contribution is 5.98. The predicted octanol–water partition coefficient (Wildman–Crippen LogP) is 1.13. The minimum absolute atomic E-state index is 0.0554. The summed E-state index contributed by atoms with van der Waals surface area (Å²) >= 11 is 0. The lowest BCUT2D eigenvalue weighted by atomic mass is 10.1. The number of halogens is 1. The van der Waals surface area contributed by atoms with E-state index < -0.39 is 28.4 Å². The molecule has 1 saturated heterocycles. The number of nitrogens with zero attached hydrogens (tertiary/aromatic N) is 1. The molecule has 2 amide bonds. The minimum Gasteiger partial charge on any atom is -0.354 e. The molecule has 0 aromatic heterocycles. The van der Waals surface area contributed by atoms with Crippen LogP contribution in [0.4, 0.5) is 10.1 Å². The Bertz CT molecular complexity index is 591. The second kappa shape index (κ2) is 6.29. The molecule has 2 rings (SSSR count). The van der Waals surface area contributed by atoms with Crippen LogP contribution in [0.3, 0.4) is 0 Å². The van der Waals surface area contributed by atoms with Crippen LogP contribution in [0.15, 0.2) is 18.2 Å². The highest BCUT2D eigenvalue weighted by Gasteiger charge is 2.24. The van der Waals surface area contributed by atoms with Gasteiger partial charge in [0.15, 0.2) is 0 Å². The summed E-state index contributed by atoms with van der Waals surface area (Å²) in [5.41, 5.74) is -0.826. The summed E-state index contributed by atoms with van der Waals surface area (Å²) in [7, 11) is 0. The maximum absolute atomic E-state index is 13.2. The third-order valence-electron chi connectivity index (χ3n) is 3.25. The van der Waals surface area contributed by atoms with Gasteiger partial charge < -0.3 is 10.6 Å². The third-order valence-corrected chi connectivity index (χ3v) is 3.25. The quantitative estimate of drug-likeness (QED) is 0.644. The average Bonchev–Trinajstić information content (AvgIpc) is 2.64. The first-order chi connectivity index (χ1) is 9.99. The van der Waals surface area contributed by atoms with Crippen LogP contribution in [0, 0.1) is 15.9 Å². The maximum Gasteiger partial charge on any atom is 0.305 e. The van der Waals surface area contributed by atoms with E-state index in [0.29, 0.717) is 13.0 Å². The van der Waals surface area contributed by atoms with Crippen molar-refractivity contribution in [2.75, 3.05) is 6.54 Å². The normalized spacial score (nSPS) is 18.5. The second-order valence-electron chi connectivity index (χ2n) is 4.74. The zero-order valence-electron chi connectivity index (χ0n) is 11.1. The molecule has 1 aliphatic heterocycles. The van der Waals surface area contributed by atoms with Crippen molar-refractivity contribution in [1.82, 2.24) is 10.6 Å². The first kappa shape index (κ1) is 14.9. The molecule has 1 aromatic carbocycles. The summed E-state index contributed by atoms with van der Waals surface area (Å²) < 4.78 is 13.2. The molecule has 1 fully saturated rings. The van der Waals surface area contributed by atoms with Gasteiger partial charge in [0.25, 0.3) is 5.91 Å². The molecule has 7 nitrogen and oxygen atoms in total. The van der Waals surface area contributed by atoms with Gasteiger partial charge in [-0.2, -0.15) is 4.39 Å². The van der Waals surface area contributed by atoms with Crippen LogP contribution in [0.1, 0.15) is 29.6 Å². The fraction of sp³-hybridized carbons (Fsp3) is 0.385. The lowest BCUT2D eigenvalue weighted by Crippen LogP contribution is -2.45. The van der Waals surface area contributed by atoms with Gasteiger partial charge in [-0.05, 0) is 31.4 Å². The zero-order valence-corrected chi connectivity index (χ0v) is 11.1. The average molecular weight is 295 g/mol. The number of amides is 2. The number of hydrogen-bond donors (Lipinski definition) is 2. The predicted molar refractivity (Wildman–Crippen MR) is 71.2 cm³/mol. The van der Waals surface area contributed by atoms with Gasteiger partial charge in [0.05, 0.1) is 4.92 Å². The fourth-order valence-electron chi connectivity index (χ4n) is 2.11. The van der Waals surface area contributed by atoms with E-state index in [2.05, 4.69) is 10.6 Å². The van der Waals surface area contributed by atoms with Crippen molar-refractivity contribution >= 4 is 17.5 Å². The molecule has 1 unspecified atom stereocenters. The van der Waals surface area contributed by atoms with Gasteiger partial charge in [-0.15, -0.1) is 0 Å². The van der Waals surface area contributed by atoms with Crippen LogP contribution in [-0.4, -0.2) is 29.3 Å². The highest BCUT2D eigenvalue weighted by Crippen LogP contribution is 2.18. The molecule has 1 atom stereocenters. The fourth-order valence-corrected chi connectivity index (χ4v) is 2.11.